The van der Waals surface area contributed by atoms with Gasteiger partial charge in [0.2, 0.25) is 5.91 Å². The van der Waals surface area contributed by atoms with Crippen molar-refractivity contribution in [1.29, 1.82) is 0 Å². The first kappa shape index (κ1) is 13.4. The summed E-state index contributed by atoms with van der Waals surface area (Å²) in [6.07, 6.45) is 3.54. The van der Waals surface area contributed by atoms with E-state index in [1.54, 1.807) is 25.4 Å². The third-order valence-electron chi connectivity index (χ3n) is 2.45. The Morgan fingerprint density at radius 2 is 2.21 bits per heavy atom. The van der Waals surface area contributed by atoms with Crippen LogP contribution < -0.4 is 5.32 Å². The van der Waals surface area contributed by atoms with E-state index < -0.39 is 0 Å². The van der Waals surface area contributed by atoms with Crippen molar-refractivity contribution in [3.63, 3.8) is 0 Å². The minimum Gasteiger partial charge on any atom is -0.302 e. The van der Waals surface area contributed by atoms with Crippen LogP contribution in [0.25, 0.3) is 0 Å². The number of pyridine rings is 1. The van der Waals surface area contributed by atoms with Gasteiger partial charge in [0.05, 0.1) is 17.0 Å². The number of thiazole rings is 1. The molecule has 0 bridgehead atoms. The molecule has 0 aliphatic heterocycles. The maximum atomic E-state index is 11.8. The predicted molar refractivity (Wildman–Crippen MR) is 73.4 cm³/mol. The van der Waals surface area contributed by atoms with Crippen LogP contribution in [-0.4, -0.2) is 21.7 Å². The molecule has 0 aliphatic carbocycles. The summed E-state index contributed by atoms with van der Waals surface area (Å²) >= 11 is 1.20. The van der Waals surface area contributed by atoms with Gasteiger partial charge in [0, 0.05) is 19.3 Å². The van der Waals surface area contributed by atoms with Crippen molar-refractivity contribution >= 4 is 28.2 Å². The molecule has 0 atom stereocenters. The molecule has 98 valence electrons. The molecule has 1 N–H and O–H groups in total. The number of amides is 1. The summed E-state index contributed by atoms with van der Waals surface area (Å²) in [5.74, 6) is -0.209. The van der Waals surface area contributed by atoms with E-state index >= 15 is 0 Å². The van der Waals surface area contributed by atoms with Gasteiger partial charge in [0.1, 0.15) is 0 Å². The van der Waals surface area contributed by atoms with Crippen molar-refractivity contribution in [2.24, 2.45) is 0 Å². The van der Waals surface area contributed by atoms with Gasteiger partial charge in [-0.15, -0.1) is 0 Å². The van der Waals surface area contributed by atoms with E-state index in [0.29, 0.717) is 15.7 Å². The summed E-state index contributed by atoms with van der Waals surface area (Å²) in [5.41, 5.74) is 1.48. The summed E-state index contributed by atoms with van der Waals surface area (Å²) < 4.78 is 0. The number of hydrogen-bond donors (Lipinski definition) is 1. The third-order valence-corrected chi connectivity index (χ3v) is 3.62. The molecule has 19 heavy (non-hydrogen) atoms. The van der Waals surface area contributed by atoms with E-state index in [0.717, 1.165) is 5.56 Å². The van der Waals surface area contributed by atoms with Gasteiger partial charge in [-0.1, -0.05) is 17.4 Å². The second kappa shape index (κ2) is 5.71. The van der Waals surface area contributed by atoms with E-state index in [1.165, 1.54) is 18.3 Å². The molecule has 6 heteroatoms. The van der Waals surface area contributed by atoms with Crippen molar-refractivity contribution in [2.75, 3.05) is 5.32 Å². The first-order valence-electron chi connectivity index (χ1n) is 5.73. The molecule has 0 spiro atoms. The highest BCUT2D eigenvalue weighted by Crippen LogP contribution is 2.22. The summed E-state index contributed by atoms with van der Waals surface area (Å²) in [6.45, 7) is 3.24. The molecule has 0 saturated carbocycles. The van der Waals surface area contributed by atoms with Crippen LogP contribution in [0.4, 0.5) is 5.13 Å². The molecular formula is C13H13N3O2S. The lowest BCUT2D eigenvalue weighted by atomic mass is 10.2. The van der Waals surface area contributed by atoms with Crippen molar-refractivity contribution in [3.8, 4) is 0 Å². The Hall–Kier alpha value is -2.08. The summed E-state index contributed by atoms with van der Waals surface area (Å²) in [4.78, 5) is 31.8. The topological polar surface area (TPSA) is 72.0 Å². The number of nitrogens with zero attached hydrogens (tertiary/aromatic N) is 2. The van der Waals surface area contributed by atoms with Crippen LogP contribution in [0.3, 0.4) is 0 Å². The third kappa shape index (κ3) is 3.45. The van der Waals surface area contributed by atoms with E-state index in [2.05, 4.69) is 15.3 Å². The Balaban J connectivity index is 2.03. The van der Waals surface area contributed by atoms with Crippen LogP contribution in [0.15, 0.2) is 24.5 Å². The highest BCUT2D eigenvalue weighted by atomic mass is 32.1. The highest BCUT2D eigenvalue weighted by Gasteiger charge is 2.13. The molecular weight excluding hydrogens is 262 g/mol. The maximum absolute atomic E-state index is 11.8. The van der Waals surface area contributed by atoms with E-state index in [9.17, 15) is 9.59 Å². The van der Waals surface area contributed by atoms with Gasteiger partial charge in [0.15, 0.2) is 10.9 Å². The van der Waals surface area contributed by atoms with Crippen molar-refractivity contribution in [1.82, 2.24) is 9.97 Å². The monoisotopic (exact) mass is 275 g/mol. The largest absolute Gasteiger partial charge is 0.302 e. The second-order valence-electron chi connectivity index (χ2n) is 4.08. The lowest BCUT2D eigenvalue weighted by molar-refractivity contribution is -0.115. The molecule has 2 aromatic heterocycles. The molecule has 1 amide bonds. The normalized spacial score (nSPS) is 10.2. The second-order valence-corrected chi connectivity index (χ2v) is 5.08. The van der Waals surface area contributed by atoms with Crippen LogP contribution in [0, 0.1) is 6.92 Å². The molecule has 0 radical (unpaired) electrons. The number of Topliss-reactive ketones (excluding diaryl/α,β-unsaturated/α-hetero) is 1. The first-order chi connectivity index (χ1) is 9.06. The van der Waals surface area contributed by atoms with Gasteiger partial charge >= 0.3 is 0 Å². The Labute approximate surface area is 114 Å². The quantitative estimate of drug-likeness (QED) is 0.868. The van der Waals surface area contributed by atoms with E-state index in [1.807, 2.05) is 6.07 Å². The van der Waals surface area contributed by atoms with Crippen LogP contribution in [0.5, 0.6) is 0 Å². The average molecular weight is 275 g/mol. The van der Waals surface area contributed by atoms with Crippen LogP contribution in [0.1, 0.15) is 27.9 Å². The van der Waals surface area contributed by atoms with Crippen molar-refractivity contribution in [2.45, 2.75) is 20.3 Å². The Morgan fingerprint density at radius 1 is 1.42 bits per heavy atom. The number of anilines is 1. The van der Waals surface area contributed by atoms with Gasteiger partial charge in [-0.2, -0.15) is 0 Å². The number of aryl methyl sites for hydroxylation is 1. The van der Waals surface area contributed by atoms with E-state index in [4.69, 9.17) is 0 Å². The fraction of sp³-hybridized carbons (Fsp3) is 0.231. The van der Waals surface area contributed by atoms with E-state index in [-0.39, 0.29) is 18.1 Å². The van der Waals surface area contributed by atoms with Gasteiger partial charge in [0.25, 0.3) is 0 Å². The zero-order valence-electron chi connectivity index (χ0n) is 10.6. The minimum absolute atomic E-state index is 0.0391. The zero-order valence-corrected chi connectivity index (χ0v) is 11.5. The van der Waals surface area contributed by atoms with Gasteiger partial charge in [-0.3, -0.25) is 14.6 Å². The van der Waals surface area contributed by atoms with Gasteiger partial charge in [-0.05, 0) is 18.6 Å². The number of carbonyl (C=O) groups is 2. The van der Waals surface area contributed by atoms with Crippen molar-refractivity contribution < 1.29 is 9.59 Å². The maximum Gasteiger partial charge on any atom is 0.230 e. The standard InChI is InChI=1S/C13H13N3O2S/c1-8-12(9(2)17)19-13(15-8)16-11(18)6-10-4-3-5-14-7-10/h3-5,7H,6H2,1-2H3,(H,15,16,18). The summed E-state index contributed by atoms with van der Waals surface area (Å²) in [6, 6.07) is 3.62. The number of aromatic nitrogens is 2. The molecule has 2 heterocycles. The fourth-order valence-corrected chi connectivity index (χ4v) is 2.51. The lowest BCUT2D eigenvalue weighted by Crippen LogP contribution is -2.14. The van der Waals surface area contributed by atoms with Crippen molar-refractivity contribution in [3.05, 3.63) is 40.7 Å². The molecule has 0 fully saturated rings. The number of nitrogens with one attached hydrogen (secondary N) is 1. The first-order valence-corrected chi connectivity index (χ1v) is 6.55. The summed E-state index contributed by atoms with van der Waals surface area (Å²) in [7, 11) is 0. The average Bonchev–Trinajstić information content (AvgIpc) is 2.71. The van der Waals surface area contributed by atoms with Crippen LogP contribution in [-0.2, 0) is 11.2 Å². The number of carbonyl (C=O) groups excluding carboxylic acids is 2. The van der Waals surface area contributed by atoms with Gasteiger partial charge in [-0.25, -0.2) is 4.98 Å². The highest BCUT2D eigenvalue weighted by molar-refractivity contribution is 7.17. The fourth-order valence-electron chi connectivity index (χ4n) is 1.63. The molecule has 2 rings (SSSR count). The zero-order chi connectivity index (χ0) is 13.8. The smallest absolute Gasteiger partial charge is 0.230 e. The Kier molecular flexibility index (Phi) is 4.01. The molecule has 0 saturated heterocycles. The molecule has 0 aliphatic rings. The Bertz CT molecular complexity index is 608. The van der Waals surface area contributed by atoms with Crippen LogP contribution >= 0.6 is 11.3 Å². The number of ketones is 1. The van der Waals surface area contributed by atoms with Gasteiger partial charge < -0.3 is 5.32 Å². The minimum atomic E-state index is -0.170. The number of hydrogen-bond acceptors (Lipinski definition) is 5. The number of rotatable bonds is 4. The molecule has 0 unspecified atom stereocenters. The predicted octanol–water partition coefficient (Wildman–Crippen LogP) is 2.23. The summed E-state index contributed by atoms with van der Waals surface area (Å²) in [5, 5.41) is 3.15. The lowest BCUT2D eigenvalue weighted by Gasteiger charge is -2.00. The molecule has 2 aromatic rings. The van der Waals surface area contributed by atoms with Crippen LogP contribution in [0.2, 0.25) is 0 Å². The molecule has 0 aromatic carbocycles. The molecule has 5 nitrogen and oxygen atoms in total. The Morgan fingerprint density at radius 3 is 2.79 bits per heavy atom. The SMILES string of the molecule is CC(=O)c1sc(NC(=O)Cc2cccnc2)nc1C.